The Hall–Kier alpha value is -1.46. The van der Waals surface area contributed by atoms with Crippen molar-refractivity contribution in [3.8, 4) is 0 Å². The van der Waals surface area contributed by atoms with Gasteiger partial charge in [0, 0.05) is 29.6 Å². The molecule has 4 nitrogen and oxygen atoms in total. The van der Waals surface area contributed by atoms with E-state index in [4.69, 9.17) is 51.4 Å². The minimum Gasteiger partial charge on any atom is -0.341 e. The second-order valence-corrected chi connectivity index (χ2v) is 8.87. The summed E-state index contributed by atoms with van der Waals surface area (Å²) in [4.78, 5) is 19.8. The number of hydrogen-bond acceptors (Lipinski definition) is 2. The van der Waals surface area contributed by atoms with Gasteiger partial charge in [0.15, 0.2) is 0 Å². The van der Waals surface area contributed by atoms with E-state index in [0.717, 1.165) is 37.0 Å². The van der Waals surface area contributed by atoms with Crippen molar-refractivity contribution < 1.29 is 4.79 Å². The Morgan fingerprint density at radius 1 is 1.03 bits per heavy atom. The molecule has 0 bridgehead atoms. The molecule has 1 aromatic heterocycles. The summed E-state index contributed by atoms with van der Waals surface area (Å²) in [6.45, 7) is 3.46. The molecule has 0 saturated carbocycles. The lowest BCUT2D eigenvalue weighted by Gasteiger charge is -2.23. The lowest BCUT2D eigenvalue weighted by atomic mass is 10.1. The first kappa shape index (κ1) is 20.8. The quantitative estimate of drug-likeness (QED) is 0.440. The van der Waals surface area contributed by atoms with E-state index in [2.05, 4.69) is 0 Å². The maximum Gasteiger partial charge on any atom is 0.245 e. The van der Waals surface area contributed by atoms with Crippen molar-refractivity contribution in [3.05, 3.63) is 61.8 Å². The number of fused-ring (bicyclic) bond motifs is 1. The predicted molar refractivity (Wildman–Crippen MR) is 120 cm³/mol. The van der Waals surface area contributed by atoms with E-state index in [1.54, 1.807) is 30.3 Å². The topological polar surface area (TPSA) is 38.1 Å². The van der Waals surface area contributed by atoms with Gasteiger partial charge in [-0.1, -0.05) is 52.5 Å². The zero-order valence-corrected chi connectivity index (χ0v) is 18.8. The van der Waals surface area contributed by atoms with Crippen LogP contribution >= 0.6 is 46.4 Å². The Morgan fingerprint density at radius 3 is 2.31 bits per heavy atom. The number of benzene rings is 2. The first-order valence-corrected chi connectivity index (χ1v) is 11.0. The van der Waals surface area contributed by atoms with Gasteiger partial charge in [-0.2, -0.15) is 0 Å². The van der Waals surface area contributed by atoms with Gasteiger partial charge in [-0.15, -0.1) is 0 Å². The van der Waals surface area contributed by atoms with Crippen LogP contribution in [0.25, 0.3) is 11.0 Å². The highest BCUT2D eigenvalue weighted by molar-refractivity contribution is 6.42. The Balaban J connectivity index is 1.84. The summed E-state index contributed by atoms with van der Waals surface area (Å²) in [5.41, 5.74) is 2.21. The molecule has 0 radical (unpaired) electrons. The van der Waals surface area contributed by atoms with E-state index in [1.807, 2.05) is 16.4 Å². The fourth-order valence-corrected chi connectivity index (χ4v) is 4.72. The maximum absolute atomic E-state index is 13.1. The summed E-state index contributed by atoms with van der Waals surface area (Å²) in [6.07, 6.45) is 2.46. The van der Waals surface area contributed by atoms with Crippen molar-refractivity contribution in [2.45, 2.75) is 32.2 Å². The zero-order chi connectivity index (χ0) is 20.7. The fourth-order valence-electron chi connectivity index (χ4n) is 3.87. The molecular formula is C21H19Cl4N3O. The molecule has 0 N–H and O–H groups in total. The molecule has 29 heavy (non-hydrogen) atoms. The highest BCUT2D eigenvalue weighted by atomic mass is 35.5. The Morgan fingerprint density at radius 2 is 1.66 bits per heavy atom. The number of imidazole rings is 1. The van der Waals surface area contributed by atoms with E-state index < -0.39 is 6.04 Å². The van der Waals surface area contributed by atoms with Gasteiger partial charge in [-0.3, -0.25) is 4.79 Å². The van der Waals surface area contributed by atoms with E-state index in [-0.39, 0.29) is 5.91 Å². The molecular weight excluding hydrogens is 452 g/mol. The third-order valence-corrected chi connectivity index (χ3v) is 6.79. The van der Waals surface area contributed by atoms with Crippen LogP contribution in [0.1, 0.15) is 37.2 Å². The van der Waals surface area contributed by atoms with Crippen LogP contribution in [0, 0.1) is 0 Å². The lowest BCUT2D eigenvalue weighted by Crippen LogP contribution is -2.34. The van der Waals surface area contributed by atoms with Crippen LogP contribution in [0.5, 0.6) is 0 Å². The molecule has 2 aromatic carbocycles. The lowest BCUT2D eigenvalue weighted by molar-refractivity contribution is -0.133. The summed E-state index contributed by atoms with van der Waals surface area (Å²) in [5.74, 6) is 0.757. The average molecular weight is 471 g/mol. The van der Waals surface area contributed by atoms with Crippen molar-refractivity contribution in [2.75, 3.05) is 13.1 Å². The standard InChI is InChI=1S/C21H19Cl4N3O/c1-12(21(29)27-7-2-3-8-27)28-19-11-17(25)16(24)10-18(19)26-20(28)9-13-14(22)5-4-6-15(13)23/h4-6,10-12H,2-3,7-9H2,1H3. The molecule has 1 aliphatic heterocycles. The summed E-state index contributed by atoms with van der Waals surface area (Å²) in [6, 6.07) is 8.44. The maximum atomic E-state index is 13.1. The largest absolute Gasteiger partial charge is 0.341 e. The molecule has 8 heteroatoms. The number of halogens is 4. The molecule has 0 spiro atoms. The van der Waals surface area contributed by atoms with Gasteiger partial charge in [0.2, 0.25) is 5.91 Å². The normalized spacial score (nSPS) is 15.3. The van der Waals surface area contributed by atoms with Crippen LogP contribution in [0.4, 0.5) is 0 Å². The molecule has 2 heterocycles. The number of carbonyl (C=O) groups excluding carboxylic acids is 1. The van der Waals surface area contributed by atoms with Gasteiger partial charge in [-0.25, -0.2) is 4.98 Å². The molecule has 3 aromatic rings. The number of aromatic nitrogens is 2. The first-order valence-electron chi connectivity index (χ1n) is 9.44. The Kier molecular flexibility index (Phi) is 5.99. The van der Waals surface area contributed by atoms with Crippen LogP contribution in [0.2, 0.25) is 20.1 Å². The van der Waals surface area contributed by atoms with Crippen molar-refractivity contribution in [1.29, 1.82) is 0 Å². The molecule has 1 atom stereocenters. The van der Waals surface area contributed by atoms with Crippen LogP contribution < -0.4 is 0 Å². The number of amides is 1. The summed E-state index contributed by atoms with van der Waals surface area (Å²) < 4.78 is 1.93. The van der Waals surface area contributed by atoms with E-state index in [0.29, 0.717) is 37.9 Å². The monoisotopic (exact) mass is 469 g/mol. The number of carbonyl (C=O) groups is 1. The van der Waals surface area contributed by atoms with Crippen LogP contribution in [0.15, 0.2) is 30.3 Å². The molecule has 0 aliphatic carbocycles. The van der Waals surface area contributed by atoms with Gasteiger partial charge in [0.05, 0.1) is 21.1 Å². The second kappa shape index (κ2) is 8.35. The third kappa shape index (κ3) is 3.96. The number of likely N-dealkylation sites (tertiary alicyclic amines) is 1. The minimum atomic E-state index is -0.438. The highest BCUT2D eigenvalue weighted by Gasteiger charge is 2.28. The molecule has 152 valence electrons. The Labute approximate surface area is 189 Å². The molecule has 1 amide bonds. The third-order valence-electron chi connectivity index (χ3n) is 5.36. The van der Waals surface area contributed by atoms with E-state index in [9.17, 15) is 4.79 Å². The Bertz CT molecular complexity index is 1070. The van der Waals surface area contributed by atoms with Crippen LogP contribution in [0.3, 0.4) is 0 Å². The van der Waals surface area contributed by atoms with E-state index in [1.165, 1.54) is 0 Å². The van der Waals surface area contributed by atoms with Crippen LogP contribution in [-0.2, 0) is 11.2 Å². The van der Waals surface area contributed by atoms with Crippen molar-refractivity contribution in [2.24, 2.45) is 0 Å². The van der Waals surface area contributed by atoms with Gasteiger partial charge in [0.25, 0.3) is 0 Å². The first-order chi connectivity index (χ1) is 13.9. The van der Waals surface area contributed by atoms with E-state index >= 15 is 0 Å². The summed E-state index contributed by atoms with van der Waals surface area (Å²) >= 11 is 25.3. The van der Waals surface area contributed by atoms with Crippen molar-refractivity contribution in [3.63, 3.8) is 0 Å². The molecule has 1 unspecified atom stereocenters. The SMILES string of the molecule is CC(C(=O)N1CCCC1)n1c(Cc2c(Cl)cccc2Cl)nc2cc(Cl)c(Cl)cc21. The molecule has 1 fully saturated rings. The number of nitrogens with zero attached hydrogens (tertiary/aromatic N) is 3. The molecule has 1 saturated heterocycles. The van der Waals surface area contributed by atoms with Gasteiger partial charge >= 0.3 is 0 Å². The zero-order valence-electron chi connectivity index (χ0n) is 15.8. The van der Waals surface area contributed by atoms with Crippen molar-refractivity contribution >= 4 is 63.3 Å². The van der Waals surface area contributed by atoms with Crippen molar-refractivity contribution in [1.82, 2.24) is 14.5 Å². The fraction of sp³-hybridized carbons (Fsp3) is 0.333. The minimum absolute atomic E-state index is 0.0689. The molecule has 1 aliphatic rings. The second-order valence-electron chi connectivity index (χ2n) is 7.24. The number of rotatable bonds is 4. The van der Waals surface area contributed by atoms with Gasteiger partial charge in [-0.05, 0) is 49.6 Å². The molecule has 4 rings (SSSR count). The average Bonchev–Trinajstić information content (AvgIpc) is 3.32. The van der Waals surface area contributed by atoms with Gasteiger partial charge in [0.1, 0.15) is 11.9 Å². The predicted octanol–water partition coefficient (Wildman–Crippen LogP) is 6.42. The van der Waals surface area contributed by atoms with Crippen LogP contribution in [-0.4, -0.2) is 33.4 Å². The summed E-state index contributed by atoms with van der Waals surface area (Å²) in [5, 5.41) is 1.96. The summed E-state index contributed by atoms with van der Waals surface area (Å²) in [7, 11) is 0. The smallest absolute Gasteiger partial charge is 0.245 e. The van der Waals surface area contributed by atoms with Gasteiger partial charge < -0.3 is 9.47 Å². The number of hydrogen-bond donors (Lipinski definition) is 0. The highest BCUT2D eigenvalue weighted by Crippen LogP contribution is 2.33.